The van der Waals surface area contributed by atoms with E-state index < -0.39 is 0 Å². The van der Waals surface area contributed by atoms with Crippen LogP contribution in [0.1, 0.15) is 20.3 Å². The summed E-state index contributed by atoms with van der Waals surface area (Å²) in [4.78, 5) is 0. The van der Waals surface area contributed by atoms with Gasteiger partial charge in [0.05, 0.1) is 0 Å². The van der Waals surface area contributed by atoms with Crippen LogP contribution in [0.5, 0.6) is 0 Å². The van der Waals surface area contributed by atoms with Crippen molar-refractivity contribution in [2.75, 3.05) is 7.05 Å². The Morgan fingerprint density at radius 1 is 1.36 bits per heavy atom. The number of hydrogen-bond donors (Lipinski definition) is 1. The van der Waals surface area contributed by atoms with Crippen molar-refractivity contribution < 1.29 is 32.7 Å². The maximum Gasteiger partial charge on any atom is 0 e. The molecule has 0 aromatic heterocycles. The zero-order valence-electron chi connectivity index (χ0n) is 7.93. The summed E-state index contributed by atoms with van der Waals surface area (Å²) in [6, 6.07) is 0.345. The van der Waals surface area contributed by atoms with Crippen molar-refractivity contribution >= 4 is 0 Å². The first kappa shape index (κ1) is 14.6. The summed E-state index contributed by atoms with van der Waals surface area (Å²) in [6.45, 7) is 12.3. The quantitative estimate of drug-likeness (QED) is 0.727. The van der Waals surface area contributed by atoms with Crippen LogP contribution in [0.15, 0.2) is 0 Å². The minimum atomic E-state index is 0. The molecule has 1 nitrogen and oxygen atoms in total. The molecule has 0 fully saturated rings. The molecule has 0 aromatic carbocycles. The Hall–Kier alpha value is 1.06. The second-order valence-electron chi connectivity index (χ2n) is 2.94. The minimum absolute atomic E-state index is 0. The van der Waals surface area contributed by atoms with Gasteiger partial charge in [0, 0.05) is 32.7 Å². The average molecular weight is 230 g/mol. The molecule has 3 unspecified atom stereocenters. The van der Waals surface area contributed by atoms with Gasteiger partial charge in [-0.15, -0.1) is 6.04 Å². The molecule has 0 aliphatic heterocycles. The van der Waals surface area contributed by atoms with Crippen molar-refractivity contribution in [3.63, 3.8) is 0 Å². The molecule has 1 radical (unpaired) electrons. The van der Waals surface area contributed by atoms with Gasteiger partial charge < -0.3 is 19.2 Å². The molecule has 0 aliphatic carbocycles. The zero-order chi connectivity index (χ0) is 8.15. The van der Waals surface area contributed by atoms with Crippen LogP contribution in [0.25, 0.3) is 0 Å². The first-order chi connectivity index (χ1) is 4.63. The van der Waals surface area contributed by atoms with E-state index in [-0.39, 0.29) is 32.7 Å². The summed E-state index contributed by atoms with van der Waals surface area (Å²) < 4.78 is 0. The summed E-state index contributed by atoms with van der Waals surface area (Å²) in [5.74, 6) is 1.09. The fourth-order valence-electron chi connectivity index (χ4n) is 1.30. The molecule has 0 amide bonds. The third-order valence-electron chi connectivity index (χ3n) is 2.09. The standard InChI is InChI=1S/C9H19N.Y/c1-6-9(7(2)3)8(4)10-5;/h7-10H,2,4,6H2,1,3,5H3;/q-2;. The maximum absolute atomic E-state index is 4.00. The molecule has 0 saturated heterocycles. The Balaban J connectivity index is 0. The molecule has 3 atom stereocenters. The van der Waals surface area contributed by atoms with E-state index in [0.717, 1.165) is 6.42 Å². The van der Waals surface area contributed by atoms with Crippen molar-refractivity contribution in [2.24, 2.45) is 11.8 Å². The van der Waals surface area contributed by atoms with Gasteiger partial charge in [0.1, 0.15) is 0 Å². The second kappa shape index (κ2) is 7.70. The molecule has 11 heavy (non-hydrogen) atoms. The molecule has 0 saturated carbocycles. The van der Waals surface area contributed by atoms with Gasteiger partial charge in [-0.1, -0.05) is 26.2 Å². The first-order valence-electron chi connectivity index (χ1n) is 3.96. The number of nitrogens with one attached hydrogen (secondary N) is 1. The van der Waals surface area contributed by atoms with Crippen LogP contribution in [0.4, 0.5) is 0 Å². The summed E-state index contributed by atoms with van der Waals surface area (Å²) >= 11 is 0. The van der Waals surface area contributed by atoms with E-state index in [1.807, 2.05) is 7.05 Å². The molecule has 65 valence electrons. The first-order valence-corrected chi connectivity index (χ1v) is 3.96. The predicted molar refractivity (Wildman–Crippen MR) is 46.5 cm³/mol. The van der Waals surface area contributed by atoms with E-state index in [1.54, 1.807) is 0 Å². The Kier molecular flexibility index (Phi) is 10.2. The van der Waals surface area contributed by atoms with Gasteiger partial charge in [-0.2, -0.15) is 5.92 Å². The van der Waals surface area contributed by atoms with Crippen LogP contribution in [-0.4, -0.2) is 13.1 Å². The van der Waals surface area contributed by atoms with Gasteiger partial charge in [0.15, 0.2) is 0 Å². The fraction of sp³-hybridized carbons (Fsp3) is 0.778. The van der Waals surface area contributed by atoms with Crippen LogP contribution in [0.2, 0.25) is 0 Å². The van der Waals surface area contributed by atoms with Crippen LogP contribution in [0, 0.1) is 25.7 Å². The third kappa shape index (κ3) is 5.33. The van der Waals surface area contributed by atoms with Crippen LogP contribution >= 0.6 is 0 Å². The van der Waals surface area contributed by atoms with E-state index in [1.165, 1.54) is 0 Å². The average Bonchev–Trinajstić information content (AvgIpc) is 1.88. The van der Waals surface area contributed by atoms with Gasteiger partial charge in [0.25, 0.3) is 0 Å². The number of hydrogen-bond acceptors (Lipinski definition) is 1. The summed E-state index contributed by atoms with van der Waals surface area (Å²) in [5.41, 5.74) is 0. The fourth-order valence-corrected chi connectivity index (χ4v) is 1.30. The van der Waals surface area contributed by atoms with Gasteiger partial charge in [-0.3, -0.25) is 0 Å². The molecule has 0 rings (SSSR count). The smallest absolute Gasteiger partial charge is 0 e. The Morgan fingerprint density at radius 3 is 1.91 bits per heavy atom. The van der Waals surface area contributed by atoms with Crippen molar-refractivity contribution in [3.8, 4) is 0 Å². The SMILES string of the molecule is [CH2-]C(C)C(CC)C([CH2-])NC.[Y]. The molecular formula is C9H19NY-2. The summed E-state index contributed by atoms with van der Waals surface area (Å²) in [7, 11) is 1.95. The molecule has 0 aliphatic rings. The number of rotatable bonds is 4. The van der Waals surface area contributed by atoms with Gasteiger partial charge in [-0.05, 0) is 7.05 Å². The van der Waals surface area contributed by atoms with E-state index in [2.05, 4.69) is 33.0 Å². The van der Waals surface area contributed by atoms with E-state index in [0.29, 0.717) is 17.9 Å². The Bertz CT molecular complexity index is 83.6. The second-order valence-corrected chi connectivity index (χ2v) is 2.94. The molecule has 1 N–H and O–H groups in total. The van der Waals surface area contributed by atoms with Crippen LogP contribution in [-0.2, 0) is 32.7 Å². The minimum Gasteiger partial charge on any atom is -0.346 e. The topological polar surface area (TPSA) is 12.0 Å². The van der Waals surface area contributed by atoms with E-state index in [9.17, 15) is 0 Å². The third-order valence-corrected chi connectivity index (χ3v) is 2.09. The summed E-state index contributed by atoms with van der Waals surface area (Å²) in [5, 5.41) is 3.15. The van der Waals surface area contributed by atoms with Gasteiger partial charge in [-0.25, -0.2) is 0 Å². The van der Waals surface area contributed by atoms with E-state index in [4.69, 9.17) is 0 Å². The van der Waals surface area contributed by atoms with Gasteiger partial charge in [0.2, 0.25) is 0 Å². The zero-order valence-corrected chi connectivity index (χ0v) is 10.8. The molecule has 0 aromatic rings. The predicted octanol–water partition coefficient (Wildman–Crippen LogP) is 1.90. The molecule has 0 spiro atoms. The largest absolute Gasteiger partial charge is 0.346 e. The maximum atomic E-state index is 4.00. The van der Waals surface area contributed by atoms with Crippen molar-refractivity contribution in [3.05, 3.63) is 13.8 Å². The monoisotopic (exact) mass is 230 g/mol. The molecule has 0 heterocycles. The molecular weight excluding hydrogens is 211 g/mol. The van der Waals surface area contributed by atoms with Crippen molar-refractivity contribution in [1.82, 2.24) is 5.32 Å². The van der Waals surface area contributed by atoms with Crippen LogP contribution < -0.4 is 5.32 Å². The summed E-state index contributed by atoms with van der Waals surface area (Å²) in [6.07, 6.45) is 1.15. The Labute approximate surface area is 96.6 Å². The molecule has 0 bridgehead atoms. The van der Waals surface area contributed by atoms with E-state index >= 15 is 0 Å². The van der Waals surface area contributed by atoms with Crippen molar-refractivity contribution in [1.29, 1.82) is 0 Å². The van der Waals surface area contributed by atoms with Gasteiger partial charge >= 0.3 is 0 Å². The van der Waals surface area contributed by atoms with Crippen molar-refractivity contribution in [2.45, 2.75) is 26.3 Å². The Morgan fingerprint density at radius 2 is 1.82 bits per heavy atom. The normalized spacial score (nSPS) is 18.3. The van der Waals surface area contributed by atoms with Crippen LogP contribution in [0.3, 0.4) is 0 Å². The molecule has 2 heteroatoms.